The van der Waals surface area contributed by atoms with Gasteiger partial charge in [-0.1, -0.05) is 0 Å². The number of ether oxygens (including phenoxy) is 2. The minimum Gasteiger partial charge on any atom is -0.375 e. The van der Waals surface area contributed by atoms with Gasteiger partial charge in [0, 0.05) is 6.61 Å². The average Bonchev–Trinajstić information content (AvgIpc) is 2.18. The van der Waals surface area contributed by atoms with Crippen molar-refractivity contribution in [1.82, 2.24) is 5.32 Å². The Morgan fingerprint density at radius 2 is 1.63 bits per heavy atom. The van der Waals surface area contributed by atoms with E-state index >= 15 is 0 Å². The molecule has 0 atom stereocenters. The van der Waals surface area contributed by atoms with E-state index in [1.54, 1.807) is 20.8 Å². The third-order valence-corrected chi connectivity index (χ3v) is 2.21. The van der Waals surface area contributed by atoms with Crippen LogP contribution >= 0.6 is 12.6 Å². The van der Waals surface area contributed by atoms with Crippen molar-refractivity contribution in [1.29, 1.82) is 0 Å². The van der Waals surface area contributed by atoms with Crippen LogP contribution in [0.5, 0.6) is 0 Å². The van der Waals surface area contributed by atoms with Crippen molar-refractivity contribution in [3.05, 3.63) is 0 Å². The highest BCUT2D eigenvalue weighted by molar-refractivity contribution is 7.81. The first kappa shape index (κ1) is 19.1. The van der Waals surface area contributed by atoms with Gasteiger partial charge in [-0.05, 0) is 47.6 Å². The molecule has 0 saturated heterocycles. The van der Waals surface area contributed by atoms with E-state index in [0.29, 0.717) is 19.6 Å². The van der Waals surface area contributed by atoms with E-state index < -0.39 is 24.7 Å². The second-order valence-electron chi connectivity index (χ2n) is 6.15. The molecule has 0 bridgehead atoms. The molecule has 0 aliphatic carbocycles. The fourth-order valence-corrected chi connectivity index (χ4v) is 1.27. The number of hydrogen-bond acceptors (Lipinski definition) is 4. The summed E-state index contributed by atoms with van der Waals surface area (Å²) in [6, 6.07) is 0. The SMILES string of the molecule is CC(C)(S)NCCCOCC(F)(F)COC(C)(C)C. The second kappa shape index (κ2) is 7.76. The lowest BCUT2D eigenvalue weighted by Crippen LogP contribution is -2.36. The van der Waals surface area contributed by atoms with Crippen LogP contribution in [0.3, 0.4) is 0 Å². The Hall–Kier alpha value is 0.0900. The summed E-state index contributed by atoms with van der Waals surface area (Å²) in [7, 11) is 0. The summed E-state index contributed by atoms with van der Waals surface area (Å²) < 4.78 is 36.8. The summed E-state index contributed by atoms with van der Waals surface area (Å²) in [5.41, 5.74) is -0.564. The molecule has 0 spiro atoms. The van der Waals surface area contributed by atoms with E-state index in [9.17, 15) is 8.78 Å². The Labute approximate surface area is 120 Å². The van der Waals surface area contributed by atoms with Crippen LogP contribution in [0.1, 0.15) is 41.0 Å². The monoisotopic (exact) mass is 299 g/mol. The Bertz CT molecular complexity index is 250. The van der Waals surface area contributed by atoms with Crippen molar-refractivity contribution in [2.24, 2.45) is 0 Å². The molecule has 1 N–H and O–H groups in total. The van der Waals surface area contributed by atoms with Gasteiger partial charge in [0.1, 0.15) is 13.2 Å². The summed E-state index contributed by atoms with van der Waals surface area (Å²) in [5.74, 6) is -2.94. The van der Waals surface area contributed by atoms with Crippen molar-refractivity contribution in [3.8, 4) is 0 Å². The number of halogens is 2. The van der Waals surface area contributed by atoms with Gasteiger partial charge in [-0.15, -0.1) is 0 Å². The molecule has 0 fully saturated rings. The van der Waals surface area contributed by atoms with Crippen LogP contribution < -0.4 is 5.32 Å². The van der Waals surface area contributed by atoms with Crippen molar-refractivity contribution < 1.29 is 18.3 Å². The number of alkyl halides is 2. The predicted molar refractivity (Wildman–Crippen MR) is 77.2 cm³/mol. The van der Waals surface area contributed by atoms with Crippen molar-refractivity contribution in [2.75, 3.05) is 26.4 Å². The summed E-state index contributed by atoms with van der Waals surface area (Å²) in [6.07, 6.45) is 0.667. The molecule has 3 nitrogen and oxygen atoms in total. The average molecular weight is 299 g/mol. The third kappa shape index (κ3) is 14.3. The lowest BCUT2D eigenvalue weighted by molar-refractivity contribution is -0.152. The van der Waals surface area contributed by atoms with Gasteiger partial charge in [-0.2, -0.15) is 12.6 Å². The van der Waals surface area contributed by atoms with Crippen LogP contribution in [0.2, 0.25) is 0 Å². The maximum Gasteiger partial charge on any atom is 0.293 e. The smallest absolute Gasteiger partial charge is 0.293 e. The lowest BCUT2D eigenvalue weighted by atomic mass is 10.2. The number of thiol groups is 1. The van der Waals surface area contributed by atoms with Crippen LogP contribution in [0, 0.1) is 0 Å². The Morgan fingerprint density at radius 3 is 2.11 bits per heavy atom. The van der Waals surface area contributed by atoms with E-state index in [2.05, 4.69) is 17.9 Å². The molecule has 0 radical (unpaired) electrons. The maximum atomic E-state index is 13.4. The minimum atomic E-state index is -2.94. The molecule has 0 aliphatic rings. The molecule has 0 amide bonds. The zero-order chi connectivity index (χ0) is 15.2. The topological polar surface area (TPSA) is 30.5 Å². The van der Waals surface area contributed by atoms with Crippen molar-refractivity contribution >= 4 is 12.6 Å². The van der Waals surface area contributed by atoms with Gasteiger partial charge in [0.2, 0.25) is 0 Å². The van der Waals surface area contributed by atoms with E-state index in [4.69, 9.17) is 9.47 Å². The molecule has 6 heteroatoms. The highest BCUT2D eigenvalue weighted by Gasteiger charge is 2.31. The summed E-state index contributed by atoms with van der Waals surface area (Å²) in [6.45, 7) is 8.84. The lowest BCUT2D eigenvalue weighted by Gasteiger charge is -2.24. The van der Waals surface area contributed by atoms with Gasteiger partial charge in [0.25, 0.3) is 5.92 Å². The molecule has 19 heavy (non-hydrogen) atoms. The second-order valence-corrected chi connectivity index (χ2v) is 7.27. The van der Waals surface area contributed by atoms with E-state index in [1.165, 1.54) is 0 Å². The van der Waals surface area contributed by atoms with Gasteiger partial charge in [0.15, 0.2) is 0 Å². The molecule has 0 aromatic heterocycles. The molecular formula is C13H27F2NO2S. The van der Waals surface area contributed by atoms with Crippen LogP contribution in [0.15, 0.2) is 0 Å². The van der Waals surface area contributed by atoms with Crippen LogP contribution in [0.4, 0.5) is 8.78 Å². The van der Waals surface area contributed by atoms with E-state index in [0.717, 1.165) is 0 Å². The largest absolute Gasteiger partial charge is 0.375 e. The minimum absolute atomic E-state index is 0.259. The van der Waals surface area contributed by atoms with E-state index in [-0.39, 0.29) is 4.87 Å². The van der Waals surface area contributed by atoms with Gasteiger partial charge in [0.05, 0.1) is 10.5 Å². The van der Waals surface area contributed by atoms with Gasteiger partial charge in [-0.25, -0.2) is 8.78 Å². The molecule has 0 aromatic rings. The number of hydrogen-bond donors (Lipinski definition) is 2. The molecule has 0 saturated carbocycles. The zero-order valence-corrected chi connectivity index (χ0v) is 13.4. The Kier molecular flexibility index (Phi) is 7.80. The first-order chi connectivity index (χ1) is 8.41. The van der Waals surface area contributed by atoms with Crippen molar-refractivity contribution in [3.63, 3.8) is 0 Å². The van der Waals surface area contributed by atoms with Crippen molar-refractivity contribution in [2.45, 2.75) is 57.4 Å². The summed E-state index contributed by atoms with van der Waals surface area (Å²) >= 11 is 4.29. The first-order valence-electron chi connectivity index (χ1n) is 6.48. The highest BCUT2D eigenvalue weighted by Crippen LogP contribution is 2.18. The summed E-state index contributed by atoms with van der Waals surface area (Å²) in [4.78, 5) is -0.259. The first-order valence-corrected chi connectivity index (χ1v) is 6.93. The van der Waals surface area contributed by atoms with Crippen LogP contribution in [-0.2, 0) is 9.47 Å². The fraction of sp³-hybridized carbons (Fsp3) is 1.00. The third-order valence-electron chi connectivity index (χ3n) is 2.05. The van der Waals surface area contributed by atoms with Crippen LogP contribution in [0.25, 0.3) is 0 Å². The fourth-order valence-electron chi connectivity index (χ4n) is 1.15. The normalized spacial score (nSPS) is 13.9. The quantitative estimate of drug-likeness (QED) is 0.390. The molecule has 116 valence electrons. The number of rotatable bonds is 9. The molecule has 0 unspecified atom stereocenters. The van der Waals surface area contributed by atoms with E-state index in [1.807, 2.05) is 13.8 Å². The van der Waals surface area contributed by atoms with Gasteiger partial charge in [-0.3, -0.25) is 0 Å². The standard InChI is InChI=1S/C13H27F2NO2S/c1-11(2,3)18-10-13(14,15)9-17-8-6-7-16-12(4,5)19/h16,19H,6-10H2,1-5H3. The highest BCUT2D eigenvalue weighted by atomic mass is 32.1. The van der Waals surface area contributed by atoms with Gasteiger partial charge < -0.3 is 14.8 Å². The van der Waals surface area contributed by atoms with Crippen LogP contribution in [-0.4, -0.2) is 42.8 Å². The molecule has 0 aromatic carbocycles. The zero-order valence-electron chi connectivity index (χ0n) is 12.6. The van der Waals surface area contributed by atoms with Gasteiger partial charge >= 0.3 is 0 Å². The molecular weight excluding hydrogens is 272 g/mol. The summed E-state index contributed by atoms with van der Waals surface area (Å²) in [5, 5.41) is 3.14. The maximum absolute atomic E-state index is 13.4. The predicted octanol–water partition coefficient (Wildman–Crippen LogP) is 3.10. The Balaban J connectivity index is 3.64. The molecule has 0 aliphatic heterocycles. The molecule has 0 rings (SSSR count). The number of nitrogens with one attached hydrogen (secondary N) is 1. The Morgan fingerprint density at radius 1 is 1.05 bits per heavy atom. The molecule has 0 heterocycles.